The molecule has 0 unspecified atom stereocenters. The molecule has 14 aromatic rings. The molecule has 0 fully saturated rings. The second-order valence-electron chi connectivity index (χ2n) is 29.2. The number of anilines is 6. The van der Waals surface area contributed by atoms with Gasteiger partial charge in [-0.2, -0.15) is 5.26 Å². The van der Waals surface area contributed by atoms with Crippen LogP contribution in [0.25, 0.3) is 99.1 Å². The van der Waals surface area contributed by atoms with Crippen molar-refractivity contribution in [1.29, 1.82) is 5.26 Å². The van der Waals surface area contributed by atoms with Crippen LogP contribution in [0.3, 0.4) is 0 Å². The minimum Gasteiger partial charge on any atom is -0.310 e. The fourth-order valence-electron chi connectivity index (χ4n) is 15.0. The van der Waals surface area contributed by atoms with Gasteiger partial charge in [-0.3, -0.25) is 0 Å². The normalized spacial score (nSPS) is 13.2. The first-order valence-corrected chi connectivity index (χ1v) is 33.8. The molecular weight excluding hydrogens is 1190 g/mol. The van der Waals surface area contributed by atoms with E-state index in [2.05, 4.69) is 330 Å². The number of fused-ring (bicyclic) bond motifs is 7. The Bertz CT molecular complexity index is 5650. The Kier molecular flexibility index (Phi) is 13.6. The summed E-state index contributed by atoms with van der Waals surface area (Å²) in [4.78, 5) is 8.88. The highest BCUT2D eigenvalue weighted by atomic mass is 15.2. The molecule has 2 aliphatic rings. The maximum absolute atomic E-state index is 10.6. The first-order chi connectivity index (χ1) is 49.1. The fourth-order valence-corrected chi connectivity index (χ4v) is 15.0. The third kappa shape index (κ3) is 10.5. The van der Waals surface area contributed by atoms with Crippen molar-refractivity contribution in [1.82, 2.24) is 4.57 Å². The van der Waals surface area contributed by atoms with Gasteiger partial charge >= 0.3 is 0 Å². The van der Waals surface area contributed by atoms with Gasteiger partial charge in [-0.15, -0.1) is 0 Å². The van der Waals surface area contributed by atoms with Crippen molar-refractivity contribution >= 4 is 84.7 Å². The van der Waals surface area contributed by atoms with E-state index in [-0.39, 0.29) is 40.4 Å². The molecule has 0 saturated carbocycles. The van der Waals surface area contributed by atoms with Crippen molar-refractivity contribution < 1.29 is 5.48 Å². The van der Waals surface area contributed by atoms with Gasteiger partial charge in [-0.1, -0.05) is 287 Å². The van der Waals surface area contributed by atoms with Gasteiger partial charge < -0.3 is 14.4 Å². The molecule has 98 heavy (non-hydrogen) atoms. The largest absolute Gasteiger partial charge is 0.310 e. The number of para-hydroxylation sites is 3. The Hall–Kier alpha value is -11.7. The van der Waals surface area contributed by atoms with Crippen LogP contribution in [0.4, 0.5) is 39.8 Å². The van der Waals surface area contributed by atoms with E-state index in [1.54, 1.807) is 6.07 Å². The van der Waals surface area contributed by atoms with Crippen molar-refractivity contribution in [3.05, 3.63) is 319 Å². The van der Waals surface area contributed by atoms with Gasteiger partial charge in [0.2, 0.25) is 0 Å². The molecule has 5 nitrogen and oxygen atoms in total. The van der Waals surface area contributed by atoms with Crippen LogP contribution in [0.5, 0.6) is 0 Å². The molecule has 16 rings (SSSR count). The first-order valence-electron chi connectivity index (χ1n) is 35.8. The maximum Gasteiger partial charge on any atom is 0.252 e. The summed E-state index contributed by atoms with van der Waals surface area (Å²) >= 11 is 0. The van der Waals surface area contributed by atoms with Gasteiger partial charge in [0.05, 0.1) is 46.2 Å². The molecule has 0 aliphatic carbocycles. The molecule has 2 aliphatic heterocycles. The Morgan fingerprint density at radius 3 is 1.28 bits per heavy atom. The molecule has 3 heterocycles. The average molecular weight is 1260 g/mol. The Labute approximate surface area is 582 Å². The Morgan fingerprint density at radius 2 is 0.837 bits per heavy atom. The molecule has 0 bridgehead atoms. The highest BCUT2D eigenvalue weighted by molar-refractivity contribution is 7.00. The molecule has 0 atom stereocenters. The minimum absolute atomic E-state index is 0.0991. The topological polar surface area (TPSA) is 39.6 Å². The van der Waals surface area contributed by atoms with Crippen molar-refractivity contribution in [2.24, 2.45) is 0 Å². The third-order valence-corrected chi connectivity index (χ3v) is 19.9. The number of rotatable bonds is 9. The highest BCUT2D eigenvalue weighted by Crippen LogP contribution is 2.54. The zero-order valence-electron chi connectivity index (χ0n) is 60.6. The monoisotopic (exact) mass is 1260 g/mol. The summed E-state index contributed by atoms with van der Waals surface area (Å²) in [5.74, 6) is 0. The molecular formula is C92H74BN5. The van der Waals surface area contributed by atoms with E-state index in [9.17, 15) is 10.7 Å². The number of nitrogens with zero attached hydrogens (tertiary/aromatic N) is 5. The maximum atomic E-state index is 10.6. The second kappa shape index (κ2) is 23.6. The Balaban J connectivity index is 1.14. The van der Waals surface area contributed by atoms with Crippen LogP contribution in [0.1, 0.15) is 90.1 Å². The lowest BCUT2D eigenvalue weighted by Gasteiger charge is -2.46. The SMILES string of the molecule is [2H]c1c([2H])c([2H])c2c(c1[2H])c1cc(C(C)(C)C)ccc1n2-c1cc2c3c(c1)N(c1c(-c4ccccc4)cccc1-c1ccccc1)c1ccc(-c4cc(C(C)(C)C)cc(C(C)(C)C)c4)cc1B3c1cc(-c3cc(C#N)cc([N+]#[C-])c3)ccc1N2c1c(-c2ccccc2)cccc1-c1ccccc1. The minimum atomic E-state index is -0.508. The standard InChI is InChI=1S/C92H74BN5/c1-90(2,3)68-43-46-82-78(55-68)77-35-23-24-40-81(77)96(82)72-56-85-87-86(57-72)98(89-75(62-31-19-13-20-32-62)38-26-39-76(89)63-33-21-14-22-34-63)84-45-42-65(67-49-69(91(4,5)6)54-70(50-67)92(7,8)9)53-80(84)93(87)79-52-64(66-47-59(58-94)48-71(51-66)95-10)41-44-83(79)97(85)88-73(60-27-15-11-16-28-60)36-25-37-74(88)61-29-17-12-18-30-61/h11-57H,1-9H3/i23D,24D,35D,40D. The van der Waals surface area contributed by atoms with Gasteiger partial charge in [-0.05, 0) is 154 Å². The molecule has 1 aromatic heterocycles. The van der Waals surface area contributed by atoms with E-state index in [4.69, 9.17) is 6.57 Å². The average Bonchev–Trinajstić information content (AvgIpc) is 0.905. The van der Waals surface area contributed by atoms with Crippen LogP contribution in [0.2, 0.25) is 0 Å². The summed E-state index contributed by atoms with van der Waals surface area (Å²) in [7, 11) is 0. The summed E-state index contributed by atoms with van der Waals surface area (Å²) in [5.41, 5.74) is 25.8. The van der Waals surface area contributed by atoms with Crippen LogP contribution in [-0.2, 0) is 16.2 Å². The lowest BCUT2D eigenvalue weighted by atomic mass is 9.33. The third-order valence-electron chi connectivity index (χ3n) is 19.9. The molecule has 6 heteroatoms. The summed E-state index contributed by atoms with van der Waals surface area (Å²) < 4.78 is 41.0. The van der Waals surface area contributed by atoms with Gasteiger partial charge in [-0.25, -0.2) is 4.85 Å². The fraction of sp³-hybridized carbons (Fsp3) is 0.130. The number of benzene rings is 13. The van der Waals surface area contributed by atoms with Crippen molar-refractivity contribution in [3.63, 3.8) is 0 Å². The molecule has 13 aromatic carbocycles. The highest BCUT2D eigenvalue weighted by Gasteiger charge is 2.46. The van der Waals surface area contributed by atoms with E-state index < -0.39 is 6.71 Å². The van der Waals surface area contributed by atoms with Crippen molar-refractivity contribution in [2.75, 3.05) is 9.80 Å². The number of hydrogen-bond donors (Lipinski definition) is 0. The van der Waals surface area contributed by atoms with Crippen molar-refractivity contribution in [3.8, 4) is 78.5 Å². The van der Waals surface area contributed by atoms with Crippen LogP contribution >= 0.6 is 0 Å². The van der Waals surface area contributed by atoms with Gasteiger partial charge in [0.15, 0.2) is 5.69 Å². The lowest BCUT2D eigenvalue weighted by molar-refractivity contribution is 0.569. The van der Waals surface area contributed by atoms with E-state index in [0.29, 0.717) is 27.8 Å². The van der Waals surface area contributed by atoms with E-state index in [0.717, 1.165) is 134 Å². The molecule has 0 N–H and O–H groups in total. The van der Waals surface area contributed by atoms with Gasteiger partial charge in [0.25, 0.3) is 6.71 Å². The number of nitriles is 1. The predicted octanol–water partition coefficient (Wildman–Crippen LogP) is 23.2. The van der Waals surface area contributed by atoms with Crippen molar-refractivity contribution in [2.45, 2.75) is 78.6 Å². The second-order valence-corrected chi connectivity index (χ2v) is 29.2. The van der Waals surface area contributed by atoms with Crippen LogP contribution in [-0.4, -0.2) is 11.3 Å². The summed E-state index contributed by atoms with van der Waals surface area (Å²) in [6, 6.07) is 94.5. The zero-order valence-corrected chi connectivity index (χ0v) is 56.6. The summed E-state index contributed by atoms with van der Waals surface area (Å²) in [5, 5.41) is 11.8. The smallest absolute Gasteiger partial charge is 0.252 e. The molecule has 0 spiro atoms. The van der Waals surface area contributed by atoms with Crippen LogP contribution in [0.15, 0.2) is 285 Å². The summed E-state index contributed by atoms with van der Waals surface area (Å²) in [6.07, 6.45) is 0. The lowest BCUT2D eigenvalue weighted by Crippen LogP contribution is -2.61. The quantitative estimate of drug-likeness (QED) is 0.107. The summed E-state index contributed by atoms with van der Waals surface area (Å²) in [6.45, 7) is 28.0. The predicted molar refractivity (Wildman–Crippen MR) is 414 cm³/mol. The van der Waals surface area contributed by atoms with E-state index in [1.165, 1.54) is 11.1 Å². The molecule has 470 valence electrons. The molecule has 0 amide bonds. The van der Waals surface area contributed by atoms with Crippen LogP contribution in [0, 0.1) is 17.9 Å². The molecule has 0 radical (unpaired) electrons. The van der Waals surface area contributed by atoms with Gasteiger partial charge in [0.1, 0.15) is 0 Å². The number of hydrogen-bond acceptors (Lipinski definition) is 3. The van der Waals surface area contributed by atoms with E-state index >= 15 is 0 Å². The zero-order chi connectivity index (χ0) is 70.8. The van der Waals surface area contributed by atoms with Crippen LogP contribution < -0.4 is 26.2 Å². The van der Waals surface area contributed by atoms with Gasteiger partial charge in [0, 0.05) is 61.3 Å². The van der Waals surface area contributed by atoms with E-state index in [1.807, 2.05) is 12.1 Å². The molecule has 0 saturated heterocycles. The number of aromatic nitrogens is 1. The first kappa shape index (κ1) is 56.6. The Morgan fingerprint density at radius 1 is 0.388 bits per heavy atom.